The number of ether oxygens (including phenoxy) is 4. The summed E-state index contributed by atoms with van der Waals surface area (Å²) < 4.78 is 18.7. The molecule has 0 rings (SSSR count). The van der Waals surface area contributed by atoms with Gasteiger partial charge >= 0.3 is 24.2 Å². The SMILES string of the molecule is CCOC(=O)OCC(CCCCC(=O)O)(COC(=O)OCC)C(=O)O. The summed E-state index contributed by atoms with van der Waals surface area (Å²) in [5, 5.41) is 18.2. The third-order valence-electron chi connectivity index (χ3n) is 3.21. The van der Waals surface area contributed by atoms with Crippen molar-refractivity contribution in [3.63, 3.8) is 0 Å². The fraction of sp³-hybridized carbons (Fsp3) is 0.733. The fourth-order valence-electron chi connectivity index (χ4n) is 1.87. The van der Waals surface area contributed by atoms with E-state index in [1.807, 2.05) is 0 Å². The van der Waals surface area contributed by atoms with Gasteiger partial charge in [-0.25, -0.2) is 9.59 Å². The first-order chi connectivity index (χ1) is 11.8. The van der Waals surface area contributed by atoms with Gasteiger partial charge < -0.3 is 29.2 Å². The minimum absolute atomic E-state index is 0.0524. The number of carboxylic acid groups (broad SMARTS) is 2. The highest BCUT2D eigenvalue weighted by atomic mass is 16.7. The van der Waals surface area contributed by atoms with Crippen molar-refractivity contribution in [3.05, 3.63) is 0 Å². The van der Waals surface area contributed by atoms with Crippen LogP contribution in [0.25, 0.3) is 0 Å². The first-order valence-corrected chi connectivity index (χ1v) is 7.81. The van der Waals surface area contributed by atoms with E-state index in [0.29, 0.717) is 0 Å². The number of carbonyl (C=O) groups excluding carboxylic acids is 2. The third kappa shape index (κ3) is 9.38. The summed E-state index contributed by atoms with van der Waals surface area (Å²) in [6.07, 6.45) is -1.84. The maximum atomic E-state index is 11.7. The van der Waals surface area contributed by atoms with E-state index in [1.165, 1.54) is 0 Å². The topological polar surface area (TPSA) is 146 Å². The van der Waals surface area contributed by atoms with Gasteiger partial charge in [-0.05, 0) is 26.7 Å². The minimum atomic E-state index is -1.72. The normalized spacial score (nSPS) is 10.6. The Balaban J connectivity index is 4.96. The van der Waals surface area contributed by atoms with Crippen LogP contribution in [0.3, 0.4) is 0 Å². The molecule has 0 amide bonds. The Morgan fingerprint density at radius 1 is 0.800 bits per heavy atom. The molecule has 0 aromatic heterocycles. The van der Waals surface area contributed by atoms with Gasteiger partial charge in [-0.1, -0.05) is 6.42 Å². The van der Waals surface area contributed by atoms with Crippen molar-refractivity contribution in [2.75, 3.05) is 26.4 Å². The van der Waals surface area contributed by atoms with E-state index in [4.69, 9.17) is 14.6 Å². The van der Waals surface area contributed by atoms with Crippen molar-refractivity contribution >= 4 is 24.2 Å². The van der Waals surface area contributed by atoms with Crippen LogP contribution in [0.2, 0.25) is 0 Å². The average molecular weight is 364 g/mol. The molecule has 25 heavy (non-hydrogen) atoms. The lowest BCUT2D eigenvalue weighted by Gasteiger charge is -2.28. The Morgan fingerprint density at radius 3 is 1.64 bits per heavy atom. The summed E-state index contributed by atoms with van der Waals surface area (Å²) in [5.74, 6) is -2.36. The highest BCUT2D eigenvalue weighted by Gasteiger charge is 2.42. The number of carbonyl (C=O) groups is 4. The Morgan fingerprint density at radius 2 is 1.28 bits per heavy atom. The van der Waals surface area contributed by atoms with Gasteiger partial charge in [-0.15, -0.1) is 0 Å². The van der Waals surface area contributed by atoms with Crippen LogP contribution in [0.5, 0.6) is 0 Å². The molecule has 10 heteroatoms. The Bertz CT molecular complexity index is 437. The van der Waals surface area contributed by atoms with E-state index in [2.05, 4.69) is 9.47 Å². The summed E-state index contributed by atoms with van der Waals surface area (Å²) >= 11 is 0. The molecule has 144 valence electrons. The van der Waals surface area contributed by atoms with Gasteiger partial charge in [0.2, 0.25) is 0 Å². The zero-order chi connectivity index (χ0) is 19.3. The first kappa shape index (κ1) is 22.5. The van der Waals surface area contributed by atoms with Crippen LogP contribution in [-0.2, 0) is 28.5 Å². The maximum absolute atomic E-state index is 11.7. The largest absolute Gasteiger partial charge is 0.508 e. The van der Waals surface area contributed by atoms with Gasteiger partial charge in [0.25, 0.3) is 0 Å². The number of unbranched alkanes of at least 4 members (excludes halogenated alkanes) is 1. The minimum Gasteiger partial charge on any atom is -0.481 e. The summed E-state index contributed by atoms with van der Waals surface area (Å²) in [6.45, 7) is 2.04. The molecular formula is C15H24O10. The molecule has 0 saturated heterocycles. The predicted octanol–water partition coefficient (Wildman–Crippen LogP) is 2.05. The first-order valence-electron chi connectivity index (χ1n) is 7.81. The number of aliphatic carboxylic acids is 2. The van der Waals surface area contributed by atoms with Crippen molar-refractivity contribution in [1.29, 1.82) is 0 Å². The van der Waals surface area contributed by atoms with Crippen molar-refractivity contribution in [2.45, 2.75) is 39.5 Å². The van der Waals surface area contributed by atoms with Gasteiger partial charge in [0, 0.05) is 6.42 Å². The van der Waals surface area contributed by atoms with Crippen molar-refractivity contribution in [2.24, 2.45) is 5.41 Å². The molecule has 0 spiro atoms. The molecular weight excluding hydrogens is 340 g/mol. The zero-order valence-electron chi connectivity index (χ0n) is 14.3. The highest BCUT2D eigenvalue weighted by molar-refractivity contribution is 5.76. The lowest BCUT2D eigenvalue weighted by Crippen LogP contribution is -2.42. The number of carboxylic acids is 2. The fourth-order valence-corrected chi connectivity index (χ4v) is 1.87. The lowest BCUT2D eigenvalue weighted by atomic mass is 9.84. The molecule has 10 nitrogen and oxygen atoms in total. The molecule has 0 heterocycles. The van der Waals surface area contributed by atoms with Gasteiger partial charge in [0.05, 0.1) is 13.2 Å². The third-order valence-corrected chi connectivity index (χ3v) is 3.21. The van der Waals surface area contributed by atoms with Crippen LogP contribution >= 0.6 is 0 Å². The molecule has 0 aliphatic carbocycles. The Labute approximate surface area is 145 Å². The van der Waals surface area contributed by atoms with Crippen molar-refractivity contribution in [3.8, 4) is 0 Å². The monoisotopic (exact) mass is 364 g/mol. The molecule has 0 atom stereocenters. The molecule has 0 aliphatic heterocycles. The van der Waals surface area contributed by atoms with E-state index in [9.17, 15) is 24.3 Å². The maximum Gasteiger partial charge on any atom is 0.508 e. The molecule has 0 aromatic rings. The molecule has 0 saturated carbocycles. The molecule has 0 radical (unpaired) electrons. The van der Waals surface area contributed by atoms with Gasteiger partial charge in [-0.2, -0.15) is 0 Å². The van der Waals surface area contributed by atoms with Crippen LogP contribution in [0.15, 0.2) is 0 Å². The molecule has 0 aromatic carbocycles. The van der Waals surface area contributed by atoms with E-state index < -0.39 is 42.9 Å². The number of hydrogen-bond donors (Lipinski definition) is 2. The molecule has 0 unspecified atom stereocenters. The molecule has 0 aliphatic rings. The Hall–Kier alpha value is -2.52. The highest BCUT2D eigenvalue weighted by Crippen LogP contribution is 2.27. The van der Waals surface area contributed by atoms with Gasteiger partial charge in [-0.3, -0.25) is 9.59 Å². The molecule has 2 N–H and O–H groups in total. The molecule has 0 bridgehead atoms. The predicted molar refractivity (Wildman–Crippen MR) is 82.1 cm³/mol. The van der Waals surface area contributed by atoms with Gasteiger partial charge in [0.15, 0.2) is 0 Å². The van der Waals surface area contributed by atoms with Crippen LogP contribution in [-0.4, -0.2) is 60.9 Å². The zero-order valence-corrected chi connectivity index (χ0v) is 14.3. The van der Waals surface area contributed by atoms with E-state index >= 15 is 0 Å². The van der Waals surface area contributed by atoms with E-state index in [0.717, 1.165) is 0 Å². The number of hydrogen-bond acceptors (Lipinski definition) is 8. The standard InChI is InChI=1S/C15H24O10/c1-3-22-13(20)24-9-15(12(18)19,8-6-5-7-11(16)17)10-25-14(21)23-4-2/h3-10H2,1-2H3,(H,16,17)(H,18,19). The second-order valence-corrected chi connectivity index (χ2v) is 5.13. The quantitative estimate of drug-likeness (QED) is 0.389. The average Bonchev–Trinajstić information content (AvgIpc) is 2.53. The summed E-state index contributed by atoms with van der Waals surface area (Å²) in [5.41, 5.74) is -1.72. The number of rotatable bonds is 12. The Kier molecular flexibility index (Phi) is 10.7. The second-order valence-electron chi connectivity index (χ2n) is 5.13. The smallest absolute Gasteiger partial charge is 0.481 e. The molecule has 0 fully saturated rings. The van der Waals surface area contributed by atoms with Crippen molar-refractivity contribution < 1.29 is 48.3 Å². The van der Waals surface area contributed by atoms with Crippen LogP contribution in [0.4, 0.5) is 9.59 Å². The lowest BCUT2D eigenvalue weighted by molar-refractivity contribution is -0.156. The van der Waals surface area contributed by atoms with Crippen LogP contribution in [0.1, 0.15) is 39.5 Å². The van der Waals surface area contributed by atoms with Crippen molar-refractivity contribution in [1.82, 2.24) is 0 Å². The summed E-state index contributed by atoms with van der Waals surface area (Å²) in [7, 11) is 0. The van der Waals surface area contributed by atoms with Crippen LogP contribution in [0, 0.1) is 5.41 Å². The van der Waals surface area contributed by atoms with E-state index in [1.54, 1.807) is 13.8 Å². The summed E-state index contributed by atoms with van der Waals surface area (Å²) in [4.78, 5) is 44.9. The van der Waals surface area contributed by atoms with Gasteiger partial charge in [0.1, 0.15) is 18.6 Å². The summed E-state index contributed by atoms with van der Waals surface area (Å²) in [6, 6.07) is 0. The van der Waals surface area contributed by atoms with E-state index in [-0.39, 0.29) is 38.9 Å². The second kappa shape index (κ2) is 11.9. The van der Waals surface area contributed by atoms with Crippen LogP contribution < -0.4 is 0 Å².